The highest BCUT2D eigenvalue weighted by Gasteiger charge is 2.30. The first-order valence-electron chi connectivity index (χ1n) is 41.6. The number of carbonyl (C=O) groups is 4. The SMILES string of the molecule is CCCCCCCCCCCCCCCCCC(=O)OC[C@H](COP(=O)(O)OC[C@@H](O)COP(=O)(O)OC[C@@H](COC(=O)CCCCCCCCCCCCCCC)OC(=O)CCCCCCCCCCCCCCCC)OC(=O)CCCCCCCCCCCCCCCCC(C)C. The van der Waals surface area contributed by atoms with Crippen LogP contribution in [0.25, 0.3) is 0 Å². The lowest BCUT2D eigenvalue weighted by Gasteiger charge is -2.21. The first-order chi connectivity index (χ1) is 48.0. The third-order valence-corrected chi connectivity index (χ3v) is 20.7. The highest BCUT2D eigenvalue weighted by Crippen LogP contribution is 2.45. The van der Waals surface area contributed by atoms with Gasteiger partial charge in [0.1, 0.15) is 19.3 Å². The number of ether oxygens (including phenoxy) is 4. The molecule has 0 aromatic carbocycles. The van der Waals surface area contributed by atoms with Crippen LogP contribution in [-0.4, -0.2) is 96.7 Å². The lowest BCUT2D eigenvalue weighted by atomic mass is 10.0. The molecule has 2 unspecified atom stereocenters. The predicted molar refractivity (Wildman–Crippen MR) is 405 cm³/mol. The van der Waals surface area contributed by atoms with E-state index in [4.69, 9.17) is 37.0 Å². The zero-order valence-corrected chi connectivity index (χ0v) is 66.4. The molecule has 0 aromatic rings. The zero-order valence-electron chi connectivity index (χ0n) is 64.6. The molecule has 0 spiro atoms. The maximum Gasteiger partial charge on any atom is 0.472 e. The van der Waals surface area contributed by atoms with Crippen LogP contribution in [0.15, 0.2) is 0 Å². The van der Waals surface area contributed by atoms with Crippen molar-refractivity contribution in [2.75, 3.05) is 39.6 Å². The molecule has 5 atom stereocenters. The Labute approximate surface area is 607 Å². The molecule has 0 saturated heterocycles. The zero-order chi connectivity index (χ0) is 72.7. The van der Waals surface area contributed by atoms with Gasteiger partial charge >= 0.3 is 39.5 Å². The van der Waals surface area contributed by atoms with Crippen molar-refractivity contribution in [2.45, 2.75) is 445 Å². The van der Waals surface area contributed by atoms with Gasteiger partial charge in [0.2, 0.25) is 0 Å². The first kappa shape index (κ1) is 97.1. The number of esters is 4. The number of hydrogen-bond donors (Lipinski definition) is 3. The summed E-state index contributed by atoms with van der Waals surface area (Å²) < 4.78 is 68.7. The van der Waals surface area contributed by atoms with E-state index >= 15 is 0 Å². The summed E-state index contributed by atoms with van der Waals surface area (Å²) >= 11 is 0. The lowest BCUT2D eigenvalue weighted by Crippen LogP contribution is -2.30. The fourth-order valence-electron chi connectivity index (χ4n) is 12.4. The summed E-state index contributed by atoms with van der Waals surface area (Å²) in [5.41, 5.74) is 0. The van der Waals surface area contributed by atoms with E-state index in [0.717, 1.165) is 95.8 Å². The Kier molecular flexibility index (Phi) is 71.6. The van der Waals surface area contributed by atoms with Crippen molar-refractivity contribution in [1.82, 2.24) is 0 Å². The van der Waals surface area contributed by atoms with Crippen molar-refractivity contribution in [3.63, 3.8) is 0 Å². The van der Waals surface area contributed by atoms with Crippen LogP contribution in [0.3, 0.4) is 0 Å². The number of phosphoric ester groups is 2. The summed E-state index contributed by atoms with van der Waals surface area (Å²) in [4.78, 5) is 73.0. The van der Waals surface area contributed by atoms with Gasteiger partial charge in [0.05, 0.1) is 26.4 Å². The molecule has 0 aliphatic rings. The van der Waals surface area contributed by atoms with Crippen LogP contribution in [0.5, 0.6) is 0 Å². The van der Waals surface area contributed by atoms with Crippen LogP contribution >= 0.6 is 15.6 Å². The average molecular weight is 1450 g/mol. The van der Waals surface area contributed by atoms with E-state index in [1.54, 1.807) is 0 Å². The number of hydrogen-bond acceptors (Lipinski definition) is 15. The second-order valence-electron chi connectivity index (χ2n) is 29.3. The Balaban J connectivity index is 5.26. The standard InChI is InChI=1S/C80H156O17P2/c1-6-9-12-15-18-21-24-27-29-35-39-44-49-54-59-64-78(83)91-70-76(97-80(85)66-61-56-51-46-41-36-31-30-33-37-42-47-52-57-62-73(4)5)72-95-99(88,89)93-68-74(81)67-92-98(86,87)94-71-75(69-90-77(82)63-58-53-48-43-38-32-26-23-20-17-14-11-8-3)96-79(84)65-60-55-50-45-40-34-28-25-22-19-16-13-10-7-2/h73-76,81H,6-72H2,1-5H3,(H,86,87)(H,88,89)/t74-,75+,76+/m0/s1. The van der Waals surface area contributed by atoms with Gasteiger partial charge in [-0.2, -0.15) is 0 Å². The van der Waals surface area contributed by atoms with Crippen LogP contribution in [0.2, 0.25) is 0 Å². The normalized spacial score (nSPS) is 13.9. The summed E-state index contributed by atoms with van der Waals surface area (Å²) in [5.74, 6) is -1.31. The number of aliphatic hydroxyl groups excluding tert-OH is 1. The lowest BCUT2D eigenvalue weighted by molar-refractivity contribution is -0.161. The second-order valence-corrected chi connectivity index (χ2v) is 32.2. The summed E-state index contributed by atoms with van der Waals surface area (Å²) in [6.07, 6.45) is 63.6. The highest BCUT2D eigenvalue weighted by atomic mass is 31.2. The van der Waals surface area contributed by atoms with E-state index in [1.807, 2.05) is 0 Å². The van der Waals surface area contributed by atoms with E-state index in [1.165, 1.54) is 250 Å². The predicted octanol–water partition coefficient (Wildman–Crippen LogP) is 24.0. The summed E-state index contributed by atoms with van der Waals surface area (Å²) in [6.45, 7) is 7.36. The third kappa shape index (κ3) is 74.1. The van der Waals surface area contributed by atoms with Crippen molar-refractivity contribution in [1.29, 1.82) is 0 Å². The Morgan fingerprint density at radius 2 is 0.465 bits per heavy atom. The molecule has 0 aromatic heterocycles. The van der Waals surface area contributed by atoms with Gasteiger partial charge in [0.15, 0.2) is 12.2 Å². The van der Waals surface area contributed by atoms with Crippen LogP contribution in [0, 0.1) is 5.92 Å². The fourth-order valence-corrected chi connectivity index (χ4v) is 14.0. The number of carbonyl (C=O) groups excluding carboxylic acids is 4. The van der Waals surface area contributed by atoms with Gasteiger partial charge in [-0.1, -0.05) is 375 Å². The minimum atomic E-state index is -4.96. The minimum absolute atomic E-state index is 0.108. The van der Waals surface area contributed by atoms with Gasteiger partial charge in [0.25, 0.3) is 0 Å². The molecular formula is C80H156O17P2. The maximum absolute atomic E-state index is 13.1. The van der Waals surface area contributed by atoms with Crippen molar-refractivity contribution >= 4 is 39.5 Å². The Hall–Kier alpha value is -1.94. The molecule has 0 bridgehead atoms. The Bertz CT molecular complexity index is 1890. The van der Waals surface area contributed by atoms with Crippen LogP contribution in [0.4, 0.5) is 0 Å². The van der Waals surface area contributed by atoms with Crippen molar-refractivity contribution in [3.8, 4) is 0 Å². The van der Waals surface area contributed by atoms with E-state index in [-0.39, 0.29) is 25.7 Å². The monoisotopic (exact) mass is 1450 g/mol. The largest absolute Gasteiger partial charge is 0.472 e. The second kappa shape index (κ2) is 73.0. The molecule has 588 valence electrons. The summed E-state index contributed by atoms with van der Waals surface area (Å²) in [5, 5.41) is 10.6. The molecule has 17 nitrogen and oxygen atoms in total. The highest BCUT2D eigenvalue weighted by molar-refractivity contribution is 7.47. The summed E-state index contributed by atoms with van der Waals surface area (Å²) in [7, 11) is -9.92. The average Bonchev–Trinajstić information content (AvgIpc) is 1.21. The van der Waals surface area contributed by atoms with Crippen LogP contribution < -0.4 is 0 Å². The van der Waals surface area contributed by atoms with Crippen LogP contribution in [0.1, 0.15) is 426 Å². The molecule has 0 amide bonds. The molecule has 0 aliphatic carbocycles. The molecule has 0 heterocycles. The number of rotatable bonds is 80. The smallest absolute Gasteiger partial charge is 0.462 e. The minimum Gasteiger partial charge on any atom is -0.462 e. The van der Waals surface area contributed by atoms with E-state index in [2.05, 4.69) is 34.6 Å². The van der Waals surface area contributed by atoms with Crippen LogP contribution in [-0.2, 0) is 65.4 Å². The molecule has 3 N–H and O–H groups in total. The van der Waals surface area contributed by atoms with Gasteiger partial charge < -0.3 is 33.8 Å². The van der Waals surface area contributed by atoms with E-state index in [9.17, 15) is 43.2 Å². The fraction of sp³-hybridized carbons (Fsp3) is 0.950. The quantitative estimate of drug-likeness (QED) is 0.0222. The number of aliphatic hydroxyl groups is 1. The van der Waals surface area contributed by atoms with Crippen molar-refractivity contribution in [2.24, 2.45) is 5.92 Å². The van der Waals surface area contributed by atoms with Crippen molar-refractivity contribution in [3.05, 3.63) is 0 Å². The van der Waals surface area contributed by atoms with E-state index in [0.29, 0.717) is 25.7 Å². The van der Waals surface area contributed by atoms with Gasteiger partial charge in [-0.3, -0.25) is 37.3 Å². The van der Waals surface area contributed by atoms with Gasteiger partial charge in [0, 0.05) is 25.7 Å². The topological polar surface area (TPSA) is 237 Å². The van der Waals surface area contributed by atoms with Gasteiger partial charge in [-0.15, -0.1) is 0 Å². The molecule has 0 fully saturated rings. The molecule has 0 radical (unpaired) electrons. The number of unbranched alkanes of at least 4 members (excludes halogenated alkanes) is 52. The number of phosphoric acid groups is 2. The summed E-state index contributed by atoms with van der Waals surface area (Å²) in [6, 6.07) is 0. The molecule has 0 aliphatic heterocycles. The van der Waals surface area contributed by atoms with E-state index < -0.39 is 97.5 Å². The van der Waals surface area contributed by atoms with Gasteiger partial charge in [-0.25, -0.2) is 9.13 Å². The third-order valence-electron chi connectivity index (χ3n) is 18.8. The molecule has 19 heteroatoms. The molecular weight excluding hydrogens is 1290 g/mol. The Morgan fingerprint density at radius 3 is 0.687 bits per heavy atom. The Morgan fingerprint density at radius 1 is 0.273 bits per heavy atom. The van der Waals surface area contributed by atoms with Crippen molar-refractivity contribution < 1.29 is 80.2 Å². The molecule has 0 rings (SSSR count). The molecule has 99 heavy (non-hydrogen) atoms. The van der Waals surface area contributed by atoms with Gasteiger partial charge in [-0.05, 0) is 31.6 Å². The first-order valence-corrected chi connectivity index (χ1v) is 44.6. The molecule has 0 saturated carbocycles. The maximum atomic E-state index is 13.1.